The van der Waals surface area contributed by atoms with Crippen molar-refractivity contribution >= 4 is 35.0 Å². The molecule has 31 heavy (non-hydrogen) atoms. The molecule has 2 aromatic carbocycles. The van der Waals surface area contributed by atoms with Gasteiger partial charge in [0.05, 0.1) is 17.4 Å². The lowest BCUT2D eigenvalue weighted by atomic mass is 10.0. The van der Waals surface area contributed by atoms with Crippen LogP contribution in [0.1, 0.15) is 27.2 Å². The maximum absolute atomic E-state index is 13.9. The topological polar surface area (TPSA) is 90.6 Å². The first-order valence-electron chi connectivity index (χ1n) is 9.24. The minimum atomic E-state index is -1.29. The summed E-state index contributed by atoms with van der Waals surface area (Å²) in [7, 11) is 0. The number of carbonyl (C=O) groups excluding carboxylic acids is 3. The van der Waals surface area contributed by atoms with Gasteiger partial charge in [0.2, 0.25) is 0 Å². The van der Waals surface area contributed by atoms with Crippen molar-refractivity contribution in [3.8, 4) is 11.3 Å². The van der Waals surface area contributed by atoms with Crippen molar-refractivity contribution in [1.82, 2.24) is 4.90 Å². The number of imide groups is 1. The molecule has 6 nitrogen and oxygen atoms in total. The normalized spacial score (nSPS) is 15.2. The van der Waals surface area contributed by atoms with E-state index < -0.39 is 22.9 Å². The highest BCUT2D eigenvalue weighted by molar-refractivity contribution is 8.18. The van der Waals surface area contributed by atoms with Crippen LogP contribution in [0, 0.1) is 12.7 Å². The number of hydrogen-bond donors (Lipinski definition) is 0. The Morgan fingerprint density at radius 3 is 2.68 bits per heavy atom. The summed E-state index contributed by atoms with van der Waals surface area (Å²) in [6.45, 7) is 1.65. The largest absolute Gasteiger partial charge is 0.545 e. The molecule has 1 aliphatic rings. The summed E-state index contributed by atoms with van der Waals surface area (Å²) in [5, 5.41) is 10.6. The molecule has 0 aliphatic carbocycles. The van der Waals surface area contributed by atoms with Crippen LogP contribution in [0.3, 0.4) is 0 Å². The van der Waals surface area contributed by atoms with Crippen LogP contribution in [0.2, 0.25) is 0 Å². The number of carboxylic acids is 1. The van der Waals surface area contributed by atoms with Gasteiger partial charge in [-0.2, -0.15) is 0 Å². The van der Waals surface area contributed by atoms with Crippen LogP contribution >= 0.6 is 11.8 Å². The molecule has 0 atom stereocenters. The second-order valence-electron chi connectivity index (χ2n) is 6.88. The Labute approximate surface area is 181 Å². The summed E-state index contributed by atoms with van der Waals surface area (Å²) in [6.07, 6.45) is 1.44. The van der Waals surface area contributed by atoms with Gasteiger partial charge in [-0.15, -0.1) is 0 Å². The van der Waals surface area contributed by atoms with Gasteiger partial charge in [-0.05, 0) is 54.1 Å². The second kappa shape index (κ2) is 8.23. The summed E-state index contributed by atoms with van der Waals surface area (Å²) >= 11 is 0.746. The molecule has 0 bridgehead atoms. The summed E-state index contributed by atoms with van der Waals surface area (Å²) in [5.41, 5.74) is 1.65. The predicted molar refractivity (Wildman–Crippen MR) is 111 cm³/mol. The van der Waals surface area contributed by atoms with Crippen molar-refractivity contribution in [2.75, 3.05) is 0 Å². The maximum atomic E-state index is 13.9. The first-order valence-corrected chi connectivity index (χ1v) is 10.1. The van der Waals surface area contributed by atoms with Gasteiger partial charge in [0.25, 0.3) is 11.1 Å². The Balaban J connectivity index is 1.58. The van der Waals surface area contributed by atoms with E-state index in [2.05, 4.69) is 0 Å². The number of halogens is 1. The smallest absolute Gasteiger partial charge is 0.293 e. The van der Waals surface area contributed by atoms with Crippen molar-refractivity contribution in [2.24, 2.45) is 0 Å². The quantitative estimate of drug-likeness (QED) is 0.562. The molecule has 8 heteroatoms. The molecule has 1 saturated heterocycles. The van der Waals surface area contributed by atoms with E-state index in [1.54, 1.807) is 24.3 Å². The summed E-state index contributed by atoms with van der Waals surface area (Å²) in [4.78, 5) is 37.2. The summed E-state index contributed by atoms with van der Waals surface area (Å²) in [5.74, 6) is -1.58. The van der Waals surface area contributed by atoms with Gasteiger partial charge in [-0.3, -0.25) is 14.5 Å². The molecule has 0 N–H and O–H groups in total. The lowest BCUT2D eigenvalue weighted by Crippen LogP contribution is -2.27. The molecule has 2 heterocycles. The average Bonchev–Trinajstić information content (AvgIpc) is 3.30. The van der Waals surface area contributed by atoms with Gasteiger partial charge >= 0.3 is 0 Å². The molecular formula is C23H15FNO5S-. The molecule has 0 unspecified atom stereocenters. The van der Waals surface area contributed by atoms with Crippen LogP contribution in [0.4, 0.5) is 9.18 Å². The van der Waals surface area contributed by atoms with Crippen LogP contribution in [0.15, 0.2) is 63.9 Å². The number of nitrogens with zero attached hydrogens (tertiary/aromatic N) is 1. The van der Waals surface area contributed by atoms with E-state index in [0.29, 0.717) is 17.1 Å². The second-order valence-corrected chi connectivity index (χ2v) is 7.87. The summed E-state index contributed by atoms with van der Waals surface area (Å²) < 4.78 is 19.6. The zero-order chi connectivity index (χ0) is 22.1. The minimum Gasteiger partial charge on any atom is -0.545 e. The highest BCUT2D eigenvalue weighted by atomic mass is 32.2. The molecule has 2 amide bonds. The molecule has 4 rings (SSSR count). The molecule has 1 fully saturated rings. The van der Waals surface area contributed by atoms with Crippen molar-refractivity contribution in [3.05, 3.63) is 87.8 Å². The molecule has 3 aromatic rings. The number of aromatic carboxylic acids is 1. The van der Waals surface area contributed by atoms with Crippen LogP contribution in [-0.2, 0) is 11.3 Å². The fourth-order valence-electron chi connectivity index (χ4n) is 3.15. The predicted octanol–water partition coefficient (Wildman–Crippen LogP) is 3.99. The number of aryl methyl sites for hydroxylation is 1. The molecular weight excluding hydrogens is 421 g/mol. The fourth-order valence-corrected chi connectivity index (χ4v) is 3.97. The van der Waals surface area contributed by atoms with Gasteiger partial charge in [-0.1, -0.05) is 30.3 Å². The Bertz CT molecular complexity index is 1250. The lowest BCUT2D eigenvalue weighted by Gasteiger charge is -2.12. The molecule has 0 spiro atoms. The number of benzene rings is 2. The zero-order valence-electron chi connectivity index (χ0n) is 16.3. The minimum absolute atomic E-state index is 0.0211. The molecule has 1 aliphatic heterocycles. The van der Waals surface area contributed by atoms with E-state index in [4.69, 9.17) is 4.42 Å². The molecule has 0 saturated carbocycles. The van der Waals surface area contributed by atoms with Gasteiger partial charge in [0.1, 0.15) is 17.3 Å². The van der Waals surface area contributed by atoms with Crippen LogP contribution in [0.25, 0.3) is 17.4 Å². The number of carboxylic acid groups (broad SMARTS) is 1. The van der Waals surface area contributed by atoms with Gasteiger partial charge < -0.3 is 14.3 Å². The van der Waals surface area contributed by atoms with Gasteiger partial charge in [0.15, 0.2) is 0 Å². The summed E-state index contributed by atoms with van der Waals surface area (Å²) in [6, 6.07) is 13.8. The van der Waals surface area contributed by atoms with Crippen molar-refractivity contribution in [1.29, 1.82) is 0 Å². The third-order valence-corrected chi connectivity index (χ3v) is 5.71. The number of amides is 2. The van der Waals surface area contributed by atoms with E-state index in [-0.39, 0.29) is 22.6 Å². The zero-order valence-corrected chi connectivity index (χ0v) is 17.1. The van der Waals surface area contributed by atoms with Crippen LogP contribution in [-0.4, -0.2) is 22.0 Å². The Hall–Kier alpha value is -3.65. The number of thioether (sulfide) groups is 1. The number of furan rings is 1. The van der Waals surface area contributed by atoms with Gasteiger partial charge in [0, 0.05) is 17.2 Å². The van der Waals surface area contributed by atoms with Crippen molar-refractivity contribution < 1.29 is 28.3 Å². The van der Waals surface area contributed by atoms with E-state index >= 15 is 0 Å². The molecule has 156 valence electrons. The van der Waals surface area contributed by atoms with Crippen LogP contribution < -0.4 is 5.11 Å². The monoisotopic (exact) mass is 436 g/mol. The molecule has 1 aromatic heterocycles. The highest BCUT2D eigenvalue weighted by Gasteiger charge is 2.35. The third-order valence-electron chi connectivity index (χ3n) is 4.80. The number of carbonyl (C=O) groups is 3. The van der Waals surface area contributed by atoms with E-state index in [1.165, 1.54) is 36.4 Å². The fraction of sp³-hybridized carbons (Fsp3) is 0.0870. The SMILES string of the molecule is Cc1ccc(C(=O)[O-])cc1-c1ccc(/C=C2\SC(=O)N(Cc3ccccc3F)C2=O)o1. The number of rotatable bonds is 5. The lowest BCUT2D eigenvalue weighted by molar-refractivity contribution is -0.255. The van der Waals surface area contributed by atoms with Crippen LogP contribution in [0.5, 0.6) is 0 Å². The third kappa shape index (κ3) is 4.15. The van der Waals surface area contributed by atoms with Crippen molar-refractivity contribution in [3.63, 3.8) is 0 Å². The standard InChI is InChI=1S/C23H16FNO5S/c1-13-6-7-14(22(27)28)10-17(13)19-9-8-16(30-19)11-20-21(26)25(23(29)31-20)12-15-4-2-3-5-18(15)24/h2-11H,12H2,1H3,(H,27,28)/p-1/b20-11-. The first-order chi connectivity index (χ1) is 14.8. The maximum Gasteiger partial charge on any atom is 0.293 e. The number of hydrogen-bond acceptors (Lipinski definition) is 6. The van der Waals surface area contributed by atoms with Crippen molar-refractivity contribution in [2.45, 2.75) is 13.5 Å². The van der Waals surface area contributed by atoms with Gasteiger partial charge in [-0.25, -0.2) is 4.39 Å². The van der Waals surface area contributed by atoms with E-state index in [1.807, 2.05) is 6.92 Å². The Morgan fingerprint density at radius 2 is 1.94 bits per heavy atom. The Morgan fingerprint density at radius 1 is 1.16 bits per heavy atom. The Kier molecular flexibility index (Phi) is 5.48. The highest BCUT2D eigenvalue weighted by Crippen LogP contribution is 2.35. The molecule has 0 radical (unpaired) electrons. The van der Waals surface area contributed by atoms with E-state index in [0.717, 1.165) is 22.2 Å². The van der Waals surface area contributed by atoms with E-state index in [9.17, 15) is 23.9 Å². The average molecular weight is 436 g/mol. The first kappa shape index (κ1) is 20.6.